The van der Waals surface area contributed by atoms with Gasteiger partial charge >= 0.3 is 6.18 Å². The minimum absolute atomic E-state index is 0.334. The van der Waals surface area contributed by atoms with Gasteiger partial charge in [-0.3, -0.25) is 0 Å². The van der Waals surface area contributed by atoms with Gasteiger partial charge in [0.25, 0.3) is 0 Å². The first-order valence-corrected chi connectivity index (χ1v) is 4.41. The molecule has 6 heteroatoms. The molecule has 84 valence electrons. The van der Waals surface area contributed by atoms with Gasteiger partial charge in [0.1, 0.15) is 0 Å². The van der Waals surface area contributed by atoms with Crippen LogP contribution in [0.2, 0.25) is 0 Å². The third-order valence-electron chi connectivity index (χ3n) is 2.17. The normalized spacial score (nSPS) is 16.1. The summed E-state index contributed by atoms with van der Waals surface area (Å²) in [4.78, 5) is 0. The highest BCUT2D eigenvalue weighted by Gasteiger charge is 2.33. The predicted octanol–water partition coefficient (Wildman–Crippen LogP) is 1.98. The van der Waals surface area contributed by atoms with Crippen LogP contribution in [0.25, 0.3) is 0 Å². The number of aromatic nitrogens is 2. The molecule has 3 nitrogen and oxygen atoms in total. The summed E-state index contributed by atoms with van der Waals surface area (Å²) in [5.41, 5.74) is -0.679. The van der Waals surface area contributed by atoms with E-state index in [0.29, 0.717) is 5.69 Å². The van der Waals surface area contributed by atoms with Crippen molar-refractivity contribution in [3.05, 3.63) is 23.5 Å². The molecule has 0 aliphatic carbocycles. The molecule has 0 aromatic carbocycles. The fraction of sp³-hybridized carbons (Fsp3) is 0.556. The van der Waals surface area contributed by atoms with Gasteiger partial charge in [0, 0.05) is 5.92 Å². The van der Waals surface area contributed by atoms with Crippen LogP contribution in [0.1, 0.15) is 31.2 Å². The number of aliphatic hydroxyl groups is 1. The topological polar surface area (TPSA) is 46.0 Å². The Hall–Kier alpha value is -1.17. The molecule has 0 radical (unpaired) electrons. The molecule has 1 N–H and O–H groups in total. The third kappa shape index (κ3) is 2.89. The summed E-state index contributed by atoms with van der Waals surface area (Å²) in [6.07, 6.45) is -5.14. The van der Waals surface area contributed by atoms with Crippen molar-refractivity contribution < 1.29 is 18.3 Å². The van der Waals surface area contributed by atoms with Gasteiger partial charge in [-0.15, -0.1) is 5.10 Å². The highest BCUT2D eigenvalue weighted by molar-refractivity contribution is 5.13. The van der Waals surface area contributed by atoms with Crippen LogP contribution in [0, 0.1) is 0 Å². The molecule has 2 unspecified atom stereocenters. The second-order valence-corrected chi connectivity index (χ2v) is 3.37. The fourth-order valence-corrected chi connectivity index (χ4v) is 0.984. The first-order valence-electron chi connectivity index (χ1n) is 4.41. The lowest BCUT2D eigenvalue weighted by Gasteiger charge is -2.13. The molecule has 15 heavy (non-hydrogen) atoms. The molecule has 0 aliphatic rings. The Morgan fingerprint density at radius 2 is 1.80 bits per heavy atom. The van der Waals surface area contributed by atoms with Crippen LogP contribution < -0.4 is 0 Å². The zero-order chi connectivity index (χ0) is 11.6. The molecule has 2 atom stereocenters. The first-order chi connectivity index (χ1) is 6.82. The van der Waals surface area contributed by atoms with E-state index >= 15 is 0 Å². The number of hydrogen-bond acceptors (Lipinski definition) is 3. The van der Waals surface area contributed by atoms with Gasteiger partial charge < -0.3 is 5.11 Å². The lowest BCUT2D eigenvalue weighted by molar-refractivity contribution is -0.141. The maximum atomic E-state index is 12.1. The van der Waals surface area contributed by atoms with Crippen molar-refractivity contribution in [3.8, 4) is 0 Å². The Morgan fingerprint density at radius 1 is 1.20 bits per heavy atom. The van der Waals surface area contributed by atoms with Gasteiger partial charge in [0.15, 0.2) is 5.69 Å². The Balaban J connectivity index is 2.91. The molecular formula is C9H11F3N2O. The van der Waals surface area contributed by atoms with E-state index < -0.39 is 18.0 Å². The van der Waals surface area contributed by atoms with Crippen molar-refractivity contribution in [2.75, 3.05) is 0 Å². The van der Waals surface area contributed by atoms with E-state index in [1.165, 1.54) is 6.07 Å². The average Bonchev–Trinajstić information content (AvgIpc) is 2.15. The van der Waals surface area contributed by atoms with Crippen molar-refractivity contribution in [1.29, 1.82) is 0 Å². The highest BCUT2D eigenvalue weighted by atomic mass is 19.4. The smallest absolute Gasteiger partial charge is 0.393 e. The number of aliphatic hydroxyl groups excluding tert-OH is 1. The van der Waals surface area contributed by atoms with Crippen molar-refractivity contribution in [1.82, 2.24) is 10.2 Å². The molecule has 1 heterocycles. The van der Waals surface area contributed by atoms with E-state index in [4.69, 9.17) is 0 Å². The maximum absolute atomic E-state index is 12.1. The van der Waals surface area contributed by atoms with Crippen molar-refractivity contribution in [2.24, 2.45) is 0 Å². The van der Waals surface area contributed by atoms with Crippen LogP contribution >= 0.6 is 0 Å². The Bertz CT molecular complexity index is 321. The van der Waals surface area contributed by atoms with E-state index in [9.17, 15) is 18.3 Å². The molecule has 0 bridgehead atoms. The van der Waals surface area contributed by atoms with E-state index in [2.05, 4.69) is 10.2 Å². The molecule has 0 saturated carbocycles. The van der Waals surface area contributed by atoms with E-state index in [1.54, 1.807) is 13.8 Å². The van der Waals surface area contributed by atoms with Gasteiger partial charge in [-0.25, -0.2) is 0 Å². The van der Waals surface area contributed by atoms with Gasteiger partial charge in [-0.05, 0) is 19.1 Å². The minimum atomic E-state index is -4.47. The summed E-state index contributed by atoms with van der Waals surface area (Å²) in [7, 11) is 0. The Kier molecular flexibility index (Phi) is 3.28. The summed E-state index contributed by atoms with van der Waals surface area (Å²) in [6, 6.07) is 2.09. The van der Waals surface area contributed by atoms with E-state index in [1.807, 2.05) is 0 Å². The van der Waals surface area contributed by atoms with E-state index in [-0.39, 0.29) is 5.92 Å². The molecule has 1 aromatic heterocycles. The standard InChI is InChI=1S/C9H11F3N2O/c1-5(6(2)15)7-3-4-8(14-13-7)9(10,11)12/h3-6,15H,1-2H3. The van der Waals surface area contributed by atoms with Gasteiger partial charge in [0.05, 0.1) is 11.8 Å². The van der Waals surface area contributed by atoms with Crippen LogP contribution in [0.4, 0.5) is 13.2 Å². The van der Waals surface area contributed by atoms with Gasteiger partial charge in [0.2, 0.25) is 0 Å². The monoisotopic (exact) mass is 220 g/mol. The second-order valence-electron chi connectivity index (χ2n) is 3.37. The molecular weight excluding hydrogens is 209 g/mol. The predicted molar refractivity (Wildman–Crippen MR) is 47.1 cm³/mol. The van der Waals surface area contributed by atoms with Crippen LogP contribution in [-0.4, -0.2) is 21.4 Å². The van der Waals surface area contributed by atoms with Crippen molar-refractivity contribution in [3.63, 3.8) is 0 Å². The lowest BCUT2D eigenvalue weighted by atomic mass is 10.0. The first kappa shape index (κ1) is 11.9. The number of alkyl halides is 3. The molecule has 0 saturated heterocycles. The molecule has 1 aromatic rings. The number of halogens is 3. The maximum Gasteiger partial charge on any atom is 0.435 e. The van der Waals surface area contributed by atoms with Gasteiger partial charge in [-0.2, -0.15) is 18.3 Å². The number of rotatable bonds is 2. The van der Waals surface area contributed by atoms with Crippen molar-refractivity contribution >= 4 is 0 Å². The van der Waals surface area contributed by atoms with Crippen LogP contribution in [-0.2, 0) is 6.18 Å². The summed E-state index contributed by atoms with van der Waals surface area (Å²) in [6.45, 7) is 3.21. The summed E-state index contributed by atoms with van der Waals surface area (Å²) < 4.78 is 36.4. The Morgan fingerprint density at radius 3 is 2.13 bits per heavy atom. The van der Waals surface area contributed by atoms with Crippen LogP contribution in [0.15, 0.2) is 12.1 Å². The molecule has 0 amide bonds. The fourth-order valence-electron chi connectivity index (χ4n) is 0.984. The van der Waals surface area contributed by atoms with Crippen LogP contribution in [0.3, 0.4) is 0 Å². The SMILES string of the molecule is CC(O)C(C)c1ccc(C(F)(F)F)nn1. The highest BCUT2D eigenvalue weighted by Crippen LogP contribution is 2.27. The minimum Gasteiger partial charge on any atom is -0.393 e. The molecule has 0 spiro atoms. The zero-order valence-electron chi connectivity index (χ0n) is 8.28. The van der Waals surface area contributed by atoms with Crippen molar-refractivity contribution in [2.45, 2.75) is 32.0 Å². The number of nitrogens with zero attached hydrogens (tertiary/aromatic N) is 2. The van der Waals surface area contributed by atoms with Gasteiger partial charge in [-0.1, -0.05) is 6.92 Å². The largest absolute Gasteiger partial charge is 0.435 e. The number of hydrogen-bond donors (Lipinski definition) is 1. The summed E-state index contributed by atoms with van der Waals surface area (Å²) >= 11 is 0. The second kappa shape index (κ2) is 4.14. The summed E-state index contributed by atoms with van der Waals surface area (Å²) in [5, 5.41) is 15.7. The molecule has 1 rings (SSSR count). The Labute approximate surface area is 85.0 Å². The quantitative estimate of drug-likeness (QED) is 0.828. The molecule has 0 aliphatic heterocycles. The third-order valence-corrected chi connectivity index (χ3v) is 2.17. The van der Waals surface area contributed by atoms with E-state index in [0.717, 1.165) is 6.07 Å². The molecule has 0 fully saturated rings. The van der Waals surface area contributed by atoms with Crippen LogP contribution in [0.5, 0.6) is 0 Å². The zero-order valence-corrected chi connectivity index (χ0v) is 8.28. The average molecular weight is 220 g/mol. The lowest BCUT2D eigenvalue weighted by Crippen LogP contribution is -2.15. The summed E-state index contributed by atoms with van der Waals surface area (Å²) in [5.74, 6) is -0.334.